The Morgan fingerprint density at radius 1 is 1.21 bits per heavy atom. The zero-order chi connectivity index (χ0) is 21.6. The average Bonchev–Trinajstić information content (AvgIpc) is 2.99. The van der Waals surface area contributed by atoms with E-state index in [4.69, 9.17) is 9.47 Å². The molecular weight excluding hydrogens is 396 g/mol. The highest BCUT2D eigenvalue weighted by atomic mass is 32.2. The van der Waals surface area contributed by atoms with Crippen LogP contribution in [0.1, 0.15) is 49.3 Å². The van der Waals surface area contributed by atoms with Gasteiger partial charge < -0.3 is 14.4 Å². The van der Waals surface area contributed by atoms with Crippen LogP contribution in [0.2, 0.25) is 0 Å². The van der Waals surface area contributed by atoms with Gasteiger partial charge in [-0.1, -0.05) is 0 Å². The molecule has 1 amide bonds. The predicted octanol–water partition coefficient (Wildman–Crippen LogP) is 2.92. The van der Waals surface area contributed by atoms with Crippen LogP contribution >= 0.6 is 0 Å². The van der Waals surface area contributed by atoms with Crippen LogP contribution in [-0.2, 0) is 32.5 Å². The summed E-state index contributed by atoms with van der Waals surface area (Å²) in [6, 6.07) is 4.79. The molecule has 0 spiro atoms. The molecule has 0 N–H and O–H groups in total. The first-order valence-electron chi connectivity index (χ1n) is 9.44. The molecule has 158 valence electrons. The number of nitrogens with zero attached hydrogens (tertiary/aromatic N) is 2. The van der Waals surface area contributed by atoms with Gasteiger partial charge in [-0.15, -0.1) is 0 Å². The second-order valence-electron chi connectivity index (χ2n) is 7.97. The summed E-state index contributed by atoms with van der Waals surface area (Å²) >= 11 is 0. The van der Waals surface area contributed by atoms with Crippen molar-refractivity contribution in [3.63, 3.8) is 0 Å². The number of hydrogen-bond acceptors (Lipinski definition) is 6. The van der Waals surface area contributed by atoms with Crippen LogP contribution < -0.4 is 0 Å². The fourth-order valence-corrected chi connectivity index (χ4v) is 4.75. The fourth-order valence-electron chi connectivity index (χ4n) is 3.49. The van der Waals surface area contributed by atoms with E-state index in [0.29, 0.717) is 40.7 Å². The summed E-state index contributed by atoms with van der Waals surface area (Å²) in [6.07, 6.45) is -0.0812. The van der Waals surface area contributed by atoms with Crippen molar-refractivity contribution in [3.8, 4) is 0 Å². The molecule has 0 bridgehead atoms. The molecule has 3 rings (SSSR count). The van der Waals surface area contributed by atoms with Gasteiger partial charge in [0.05, 0.1) is 30.5 Å². The lowest BCUT2D eigenvalue weighted by molar-refractivity contribution is 0.0224. The third-order valence-electron chi connectivity index (χ3n) is 4.82. The Balaban J connectivity index is 2.15. The van der Waals surface area contributed by atoms with Crippen LogP contribution in [0, 0.1) is 0 Å². The minimum atomic E-state index is -3.56. The highest BCUT2D eigenvalue weighted by molar-refractivity contribution is 7.90. The highest BCUT2D eigenvalue weighted by Crippen LogP contribution is 2.33. The van der Waals surface area contributed by atoms with Crippen LogP contribution in [0.5, 0.6) is 0 Å². The summed E-state index contributed by atoms with van der Waals surface area (Å²) < 4.78 is 37.2. The molecule has 1 aromatic heterocycles. The summed E-state index contributed by atoms with van der Waals surface area (Å²) in [4.78, 5) is 26.1. The Morgan fingerprint density at radius 3 is 2.48 bits per heavy atom. The molecule has 0 atom stereocenters. The minimum absolute atomic E-state index is 0.0578. The standard InChI is InChI=1S/C20H26N2O6S/c1-6-29(25,26)22-16-8-7-13(18(23)27-5)11-14(16)15-12-21(10-9-17(15)22)19(24)28-20(2,3)4/h7-8,11H,6,9-10,12H2,1-5H3. The van der Waals surface area contributed by atoms with Gasteiger partial charge in [-0.25, -0.2) is 22.0 Å². The molecule has 2 aromatic rings. The zero-order valence-corrected chi connectivity index (χ0v) is 18.1. The van der Waals surface area contributed by atoms with Gasteiger partial charge in [0.1, 0.15) is 5.60 Å². The SMILES string of the molecule is CCS(=O)(=O)n1c2c(c3cc(C(=O)OC)ccc31)CN(C(=O)OC(C)(C)C)CC2. The van der Waals surface area contributed by atoms with Crippen molar-refractivity contribution in [2.24, 2.45) is 0 Å². The van der Waals surface area contributed by atoms with Gasteiger partial charge >= 0.3 is 12.1 Å². The summed E-state index contributed by atoms with van der Waals surface area (Å²) in [7, 11) is -2.27. The minimum Gasteiger partial charge on any atom is -0.465 e. The van der Waals surface area contributed by atoms with E-state index >= 15 is 0 Å². The zero-order valence-electron chi connectivity index (χ0n) is 17.3. The summed E-state index contributed by atoms with van der Waals surface area (Å²) in [6.45, 7) is 7.53. The Morgan fingerprint density at radius 2 is 1.90 bits per heavy atom. The maximum Gasteiger partial charge on any atom is 0.410 e. The third kappa shape index (κ3) is 3.96. The van der Waals surface area contributed by atoms with E-state index in [0.717, 1.165) is 0 Å². The second kappa shape index (κ2) is 7.37. The van der Waals surface area contributed by atoms with Gasteiger partial charge in [0.2, 0.25) is 10.0 Å². The molecule has 2 heterocycles. The highest BCUT2D eigenvalue weighted by Gasteiger charge is 2.32. The van der Waals surface area contributed by atoms with E-state index in [2.05, 4.69) is 0 Å². The first kappa shape index (κ1) is 21.2. The number of fused-ring (bicyclic) bond motifs is 3. The summed E-state index contributed by atoms with van der Waals surface area (Å²) in [5.74, 6) is -0.566. The number of benzene rings is 1. The van der Waals surface area contributed by atoms with E-state index in [1.807, 2.05) is 0 Å². The quantitative estimate of drug-likeness (QED) is 0.706. The first-order valence-corrected chi connectivity index (χ1v) is 11.0. The smallest absolute Gasteiger partial charge is 0.410 e. The molecular formula is C20H26N2O6S. The molecule has 0 aliphatic carbocycles. The van der Waals surface area contributed by atoms with E-state index < -0.39 is 27.7 Å². The van der Waals surface area contributed by atoms with Crippen LogP contribution in [0.3, 0.4) is 0 Å². The number of rotatable bonds is 3. The van der Waals surface area contributed by atoms with Gasteiger partial charge in [0.15, 0.2) is 0 Å². The molecule has 1 aliphatic heterocycles. The second-order valence-corrected chi connectivity index (χ2v) is 10.1. The number of hydrogen-bond donors (Lipinski definition) is 0. The van der Waals surface area contributed by atoms with Crippen LogP contribution in [0.4, 0.5) is 4.79 Å². The van der Waals surface area contributed by atoms with E-state index in [9.17, 15) is 18.0 Å². The van der Waals surface area contributed by atoms with Gasteiger partial charge in [-0.2, -0.15) is 0 Å². The Bertz CT molecular complexity index is 1080. The number of carbonyl (C=O) groups excluding carboxylic acids is 2. The van der Waals surface area contributed by atoms with Crippen molar-refractivity contribution in [3.05, 3.63) is 35.0 Å². The van der Waals surface area contributed by atoms with Crippen molar-refractivity contribution < 1.29 is 27.5 Å². The van der Waals surface area contributed by atoms with Gasteiger partial charge in [-0.3, -0.25) is 0 Å². The van der Waals surface area contributed by atoms with Crippen LogP contribution in [-0.4, -0.2) is 54.4 Å². The van der Waals surface area contributed by atoms with Gasteiger partial charge in [-0.05, 0) is 45.9 Å². The predicted molar refractivity (Wildman–Crippen MR) is 108 cm³/mol. The lowest BCUT2D eigenvalue weighted by Crippen LogP contribution is -2.40. The van der Waals surface area contributed by atoms with Crippen molar-refractivity contribution in [1.29, 1.82) is 0 Å². The number of ether oxygens (including phenoxy) is 2. The lowest BCUT2D eigenvalue weighted by Gasteiger charge is -2.30. The first-order chi connectivity index (χ1) is 13.5. The van der Waals surface area contributed by atoms with Gasteiger partial charge in [0.25, 0.3) is 0 Å². The van der Waals surface area contributed by atoms with Crippen molar-refractivity contribution in [2.75, 3.05) is 19.4 Å². The third-order valence-corrected chi connectivity index (χ3v) is 6.52. The Kier molecular flexibility index (Phi) is 5.38. The number of methoxy groups -OCH3 is 1. The topological polar surface area (TPSA) is 94.9 Å². The van der Waals surface area contributed by atoms with E-state index in [-0.39, 0.29) is 12.3 Å². The van der Waals surface area contributed by atoms with Crippen molar-refractivity contribution in [2.45, 2.75) is 46.3 Å². The van der Waals surface area contributed by atoms with E-state index in [1.165, 1.54) is 11.1 Å². The molecule has 1 aliphatic rings. The van der Waals surface area contributed by atoms with Crippen LogP contribution in [0.15, 0.2) is 18.2 Å². The molecule has 1 aromatic carbocycles. The largest absolute Gasteiger partial charge is 0.465 e. The van der Waals surface area contributed by atoms with Crippen molar-refractivity contribution in [1.82, 2.24) is 8.87 Å². The molecule has 0 unspecified atom stereocenters. The summed E-state index contributed by atoms with van der Waals surface area (Å²) in [5.41, 5.74) is 1.54. The molecule has 8 nitrogen and oxygen atoms in total. The van der Waals surface area contributed by atoms with Gasteiger partial charge in [0, 0.05) is 29.6 Å². The molecule has 0 fully saturated rings. The molecule has 0 saturated carbocycles. The van der Waals surface area contributed by atoms with Crippen LogP contribution in [0.25, 0.3) is 10.9 Å². The normalized spacial score (nSPS) is 14.6. The number of aromatic nitrogens is 1. The van der Waals surface area contributed by atoms with E-state index in [1.54, 1.807) is 50.8 Å². The van der Waals surface area contributed by atoms with Crippen molar-refractivity contribution >= 4 is 33.0 Å². The average molecular weight is 423 g/mol. The molecule has 0 saturated heterocycles. The number of esters is 1. The number of carbonyl (C=O) groups is 2. The number of amides is 1. The lowest BCUT2D eigenvalue weighted by atomic mass is 10.0. The summed E-state index contributed by atoms with van der Waals surface area (Å²) in [5, 5.41) is 0.619. The molecule has 0 radical (unpaired) electrons. The Hall–Kier alpha value is -2.55. The maximum absolute atomic E-state index is 12.8. The monoisotopic (exact) mass is 422 g/mol. The fraction of sp³-hybridized carbons (Fsp3) is 0.500. The Labute approximate surface area is 170 Å². The molecule has 9 heteroatoms. The maximum atomic E-state index is 12.8. The molecule has 29 heavy (non-hydrogen) atoms.